The summed E-state index contributed by atoms with van der Waals surface area (Å²) >= 11 is 1.39. The van der Waals surface area contributed by atoms with Crippen LogP contribution in [0.3, 0.4) is 0 Å². The van der Waals surface area contributed by atoms with Crippen LogP contribution in [0.25, 0.3) is 10.6 Å². The molecule has 0 radical (unpaired) electrons. The number of carbonyl (C=O) groups excluding carboxylic acids is 2. The molecule has 1 aromatic carbocycles. The first-order valence-corrected chi connectivity index (χ1v) is 9.43. The third-order valence-electron chi connectivity index (χ3n) is 4.54. The second kappa shape index (κ2) is 7.78. The number of ether oxygens (including phenoxy) is 1. The summed E-state index contributed by atoms with van der Waals surface area (Å²) < 4.78 is 5.20. The van der Waals surface area contributed by atoms with E-state index < -0.39 is 5.97 Å². The molecule has 3 rings (SSSR count). The predicted octanol–water partition coefficient (Wildman–Crippen LogP) is 3.76. The van der Waals surface area contributed by atoms with Crippen LogP contribution >= 0.6 is 11.3 Å². The normalized spacial score (nSPS) is 20.3. The number of aromatic nitrogens is 1. The summed E-state index contributed by atoms with van der Waals surface area (Å²) in [6, 6.07) is 10.0. The number of thiazole rings is 1. The second-order valence-corrected chi connectivity index (χ2v) is 7.27. The van der Waals surface area contributed by atoms with E-state index in [9.17, 15) is 9.59 Å². The van der Waals surface area contributed by atoms with Crippen molar-refractivity contribution < 1.29 is 14.3 Å². The number of hydrogen-bond acceptors (Lipinski definition) is 5. The molecular formula is C19H22N2O3S. The first-order chi connectivity index (χ1) is 12.1. The number of carbonyl (C=O) groups is 2. The minimum atomic E-state index is -0.552. The molecule has 0 bridgehead atoms. The Kier molecular flexibility index (Phi) is 5.48. The van der Waals surface area contributed by atoms with Gasteiger partial charge in [-0.15, -0.1) is 11.3 Å². The Morgan fingerprint density at radius 3 is 2.56 bits per heavy atom. The van der Waals surface area contributed by atoms with Crippen LogP contribution in [0.5, 0.6) is 0 Å². The fourth-order valence-electron chi connectivity index (χ4n) is 3.27. The standard InChI is InChI=1S/C19H22N2O3S/c1-13-7-6-8-14(2)21(13)17(22)11-24-19(23)16-12-25-18(20-16)15-9-4-3-5-10-15/h3-5,9-10,12-14H,6-8,11H2,1-2H3/t13-,14+. The van der Waals surface area contributed by atoms with E-state index >= 15 is 0 Å². The zero-order valence-electron chi connectivity index (χ0n) is 14.5. The average Bonchev–Trinajstić information content (AvgIpc) is 3.10. The summed E-state index contributed by atoms with van der Waals surface area (Å²) in [6.45, 7) is 3.86. The molecule has 2 heterocycles. The largest absolute Gasteiger partial charge is 0.451 e. The van der Waals surface area contributed by atoms with Gasteiger partial charge in [0.1, 0.15) is 5.01 Å². The molecule has 1 aliphatic heterocycles. The molecule has 0 aliphatic carbocycles. The lowest BCUT2D eigenvalue weighted by atomic mass is 9.97. The quantitative estimate of drug-likeness (QED) is 0.781. The van der Waals surface area contributed by atoms with Crippen LogP contribution in [0.15, 0.2) is 35.7 Å². The molecule has 0 saturated carbocycles. The van der Waals surface area contributed by atoms with Gasteiger partial charge in [-0.1, -0.05) is 30.3 Å². The van der Waals surface area contributed by atoms with Gasteiger partial charge < -0.3 is 9.64 Å². The zero-order chi connectivity index (χ0) is 17.8. The fraction of sp³-hybridized carbons (Fsp3) is 0.421. The first kappa shape index (κ1) is 17.6. The molecule has 0 spiro atoms. The van der Waals surface area contributed by atoms with Crippen LogP contribution in [-0.4, -0.2) is 40.5 Å². The SMILES string of the molecule is C[C@@H]1CCC[C@H](C)N1C(=O)COC(=O)c1csc(-c2ccccc2)n1. The number of likely N-dealkylation sites (tertiary alicyclic amines) is 1. The summed E-state index contributed by atoms with van der Waals surface area (Å²) in [5.41, 5.74) is 1.20. The Morgan fingerprint density at radius 2 is 1.88 bits per heavy atom. The number of esters is 1. The molecule has 2 aromatic rings. The lowest BCUT2D eigenvalue weighted by molar-refractivity contribution is -0.140. The molecule has 6 heteroatoms. The summed E-state index contributed by atoms with van der Waals surface area (Å²) in [6.07, 6.45) is 3.13. The Labute approximate surface area is 151 Å². The molecule has 1 saturated heterocycles. The number of hydrogen-bond donors (Lipinski definition) is 0. The average molecular weight is 358 g/mol. The fourth-order valence-corrected chi connectivity index (χ4v) is 4.06. The van der Waals surface area contributed by atoms with Gasteiger partial charge in [0.25, 0.3) is 5.91 Å². The molecule has 1 fully saturated rings. The Balaban J connectivity index is 1.59. The molecule has 25 heavy (non-hydrogen) atoms. The summed E-state index contributed by atoms with van der Waals surface area (Å²) in [5.74, 6) is -0.685. The second-order valence-electron chi connectivity index (χ2n) is 6.41. The van der Waals surface area contributed by atoms with E-state index in [1.165, 1.54) is 11.3 Å². The highest BCUT2D eigenvalue weighted by Gasteiger charge is 2.29. The van der Waals surface area contributed by atoms with Crippen molar-refractivity contribution in [2.75, 3.05) is 6.61 Å². The van der Waals surface area contributed by atoms with Crippen LogP contribution in [0.1, 0.15) is 43.6 Å². The maximum Gasteiger partial charge on any atom is 0.358 e. The van der Waals surface area contributed by atoms with Gasteiger partial charge in [0, 0.05) is 23.0 Å². The monoisotopic (exact) mass is 358 g/mol. The van der Waals surface area contributed by atoms with Gasteiger partial charge in [0.05, 0.1) is 0 Å². The molecule has 1 aromatic heterocycles. The van der Waals surface area contributed by atoms with Crippen LogP contribution in [0, 0.1) is 0 Å². The van der Waals surface area contributed by atoms with Crippen molar-refractivity contribution in [1.82, 2.24) is 9.88 Å². The minimum absolute atomic E-state index is 0.133. The molecule has 2 atom stereocenters. The highest BCUT2D eigenvalue weighted by molar-refractivity contribution is 7.13. The van der Waals surface area contributed by atoms with Crippen molar-refractivity contribution in [3.8, 4) is 10.6 Å². The van der Waals surface area contributed by atoms with Crippen LogP contribution in [-0.2, 0) is 9.53 Å². The number of rotatable bonds is 4. The number of amides is 1. The zero-order valence-corrected chi connectivity index (χ0v) is 15.3. The smallest absolute Gasteiger partial charge is 0.358 e. The van der Waals surface area contributed by atoms with Crippen molar-refractivity contribution in [1.29, 1.82) is 0 Å². The van der Waals surface area contributed by atoms with E-state index in [0.717, 1.165) is 29.8 Å². The third kappa shape index (κ3) is 4.07. The van der Waals surface area contributed by atoms with Crippen molar-refractivity contribution in [3.05, 3.63) is 41.4 Å². The van der Waals surface area contributed by atoms with E-state index in [4.69, 9.17) is 4.74 Å². The Morgan fingerprint density at radius 1 is 1.20 bits per heavy atom. The van der Waals surface area contributed by atoms with E-state index in [1.807, 2.05) is 49.1 Å². The maximum absolute atomic E-state index is 12.4. The van der Waals surface area contributed by atoms with E-state index in [1.54, 1.807) is 5.38 Å². The van der Waals surface area contributed by atoms with E-state index in [0.29, 0.717) is 0 Å². The van der Waals surface area contributed by atoms with Gasteiger partial charge >= 0.3 is 5.97 Å². The van der Waals surface area contributed by atoms with Crippen LogP contribution in [0.2, 0.25) is 0 Å². The highest BCUT2D eigenvalue weighted by Crippen LogP contribution is 2.24. The van der Waals surface area contributed by atoms with Gasteiger partial charge in [-0.25, -0.2) is 9.78 Å². The van der Waals surface area contributed by atoms with Gasteiger partial charge in [-0.2, -0.15) is 0 Å². The molecule has 1 aliphatic rings. The maximum atomic E-state index is 12.4. The topological polar surface area (TPSA) is 59.5 Å². The first-order valence-electron chi connectivity index (χ1n) is 8.55. The lowest BCUT2D eigenvalue weighted by Gasteiger charge is -2.38. The number of nitrogens with zero attached hydrogens (tertiary/aromatic N) is 2. The van der Waals surface area contributed by atoms with Crippen LogP contribution in [0.4, 0.5) is 0 Å². The van der Waals surface area contributed by atoms with Crippen molar-refractivity contribution >= 4 is 23.2 Å². The third-order valence-corrected chi connectivity index (χ3v) is 5.43. The predicted molar refractivity (Wildman–Crippen MR) is 97.5 cm³/mol. The number of piperidine rings is 1. The van der Waals surface area contributed by atoms with E-state index in [2.05, 4.69) is 4.98 Å². The molecule has 132 valence electrons. The summed E-state index contributed by atoms with van der Waals surface area (Å²) in [4.78, 5) is 30.8. The van der Waals surface area contributed by atoms with Crippen molar-refractivity contribution in [3.63, 3.8) is 0 Å². The lowest BCUT2D eigenvalue weighted by Crippen LogP contribution is -2.49. The summed E-state index contributed by atoms with van der Waals surface area (Å²) in [5, 5.41) is 2.43. The molecular weight excluding hydrogens is 336 g/mol. The highest BCUT2D eigenvalue weighted by atomic mass is 32.1. The van der Waals surface area contributed by atoms with Gasteiger partial charge in [0.15, 0.2) is 12.3 Å². The summed E-state index contributed by atoms with van der Waals surface area (Å²) in [7, 11) is 0. The Bertz CT molecular complexity index is 734. The van der Waals surface area contributed by atoms with Gasteiger partial charge in [0.2, 0.25) is 0 Å². The molecule has 0 N–H and O–H groups in total. The van der Waals surface area contributed by atoms with Gasteiger partial charge in [-0.3, -0.25) is 4.79 Å². The minimum Gasteiger partial charge on any atom is -0.451 e. The van der Waals surface area contributed by atoms with Gasteiger partial charge in [-0.05, 0) is 33.1 Å². The Hall–Kier alpha value is -2.21. The molecule has 5 nitrogen and oxygen atoms in total. The van der Waals surface area contributed by atoms with E-state index in [-0.39, 0.29) is 30.3 Å². The number of benzene rings is 1. The molecule has 1 amide bonds. The van der Waals surface area contributed by atoms with Crippen molar-refractivity contribution in [2.45, 2.75) is 45.2 Å². The van der Waals surface area contributed by atoms with Crippen molar-refractivity contribution in [2.24, 2.45) is 0 Å². The molecule has 0 unspecified atom stereocenters. The van der Waals surface area contributed by atoms with Crippen LogP contribution < -0.4 is 0 Å².